The summed E-state index contributed by atoms with van der Waals surface area (Å²) in [5.41, 5.74) is 2.16. The third kappa shape index (κ3) is 4.55. The van der Waals surface area contributed by atoms with Gasteiger partial charge >= 0.3 is 0 Å². The lowest BCUT2D eigenvalue weighted by Gasteiger charge is -2.16. The highest BCUT2D eigenvalue weighted by Crippen LogP contribution is 2.22. The number of nitrogens with zero attached hydrogens (tertiary/aromatic N) is 2. The van der Waals surface area contributed by atoms with Crippen molar-refractivity contribution in [3.8, 4) is 5.75 Å². The van der Waals surface area contributed by atoms with Crippen molar-refractivity contribution in [2.45, 2.75) is 6.54 Å². The fraction of sp³-hybridized carbons (Fsp3) is 0.125. The molecule has 4 rings (SSSR count). The number of carbonyl (C=O) groups excluding carboxylic acids is 2. The summed E-state index contributed by atoms with van der Waals surface area (Å²) in [6, 6.07) is 23.9. The van der Waals surface area contributed by atoms with Crippen LogP contribution in [0, 0.1) is 0 Å². The summed E-state index contributed by atoms with van der Waals surface area (Å²) in [5.74, 6) is 0.355. The average Bonchev–Trinajstić information content (AvgIpc) is 3.20. The van der Waals surface area contributed by atoms with Gasteiger partial charge in [-0.3, -0.25) is 9.59 Å². The van der Waals surface area contributed by atoms with Gasteiger partial charge in [0.25, 0.3) is 5.91 Å². The Bertz CT molecular complexity index is 1140. The summed E-state index contributed by atoms with van der Waals surface area (Å²) in [5, 5.41) is 0.885. The molecule has 3 aromatic carbocycles. The Morgan fingerprint density at radius 3 is 2.30 bits per heavy atom. The molecule has 0 fully saturated rings. The van der Waals surface area contributed by atoms with E-state index in [9.17, 15) is 9.59 Å². The second-order valence-corrected chi connectivity index (χ2v) is 7.95. The van der Waals surface area contributed by atoms with Crippen molar-refractivity contribution in [2.24, 2.45) is 0 Å². The predicted octanol–water partition coefficient (Wildman–Crippen LogP) is 4.56. The van der Waals surface area contributed by atoms with Gasteiger partial charge < -0.3 is 9.64 Å². The summed E-state index contributed by atoms with van der Waals surface area (Å²) in [4.78, 5) is 31.0. The Hall–Kier alpha value is -3.51. The Morgan fingerprint density at radius 2 is 1.57 bits per heavy atom. The van der Waals surface area contributed by atoms with Crippen LogP contribution in [0.25, 0.3) is 10.2 Å². The standard InChI is InChI=1S/C24H20N2O3S/c1-26(15-22-25-20-9-5-6-10-21(20)30-22)23(27)16-29-19-13-11-18(12-14-19)24(28)17-7-3-2-4-8-17/h2-14H,15-16H2,1H3. The highest BCUT2D eigenvalue weighted by Gasteiger charge is 2.14. The molecule has 0 unspecified atom stereocenters. The average molecular weight is 417 g/mol. The normalized spacial score (nSPS) is 10.7. The van der Waals surface area contributed by atoms with Crippen molar-refractivity contribution in [3.63, 3.8) is 0 Å². The molecule has 0 bridgehead atoms. The van der Waals surface area contributed by atoms with Crippen molar-refractivity contribution >= 4 is 33.2 Å². The first kappa shape index (κ1) is 19.8. The van der Waals surface area contributed by atoms with Gasteiger partial charge in [-0.25, -0.2) is 4.98 Å². The molecule has 30 heavy (non-hydrogen) atoms. The zero-order valence-corrected chi connectivity index (χ0v) is 17.3. The number of fused-ring (bicyclic) bond motifs is 1. The second-order valence-electron chi connectivity index (χ2n) is 6.83. The molecule has 0 spiro atoms. The van der Waals surface area contributed by atoms with Gasteiger partial charge in [0, 0.05) is 18.2 Å². The largest absolute Gasteiger partial charge is 0.484 e. The Kier molecular flexibility index (Phi) is 5.86. The molecular formula is C24H20N2O3S. The number of hydrogen-bond acceptors (Lipinski definition) is 5. The van der Waals surface area contributed by atoms with Gasteiger partial charge in [0.2, 0.25) is 0 Å². The van der Waals surface area contributed by atoms with Gasteiger partial charge in [0.15, 0.2) is 12.4 Å². The van der Waals surface area contributed by atoms with Crippen LogP contribution in [0.2, 0.25) is 0 Å². The van der Waals surface area contributed by atoms with Gasteiger partial charge in [-0.2, -0.15) is 0 Å². The molecule has 0 saturated carbocycles. The van der Waals surface area contributed by atoms with Crippen LogP contribution in [-0.2, 0) is 11.3 Å². The number of thiazole rings is 1. The predicted molar refractivity (Wildman–Crippen MR) is 118 cm³/mol. The van der Waals surface area contributed by atoms with Crippen LogP contribution >= 0.6 is 11.3 Å². The molecule has 0 aliphatic heterocycles. The highest BCUT2D eigenvalue weighted by molar-refractivity contribution is 7.18. The number of hydrogen-bond donors (Lipinski definition) is 0. The molecular weight excluding hydrogens is 396 g/mol. The first-order valence-corrected chi connectivity index (χ1v) is 10.3. The molecule has 1 heterocycles. The summed E-state index contributed by atoms with van der Waals surface area (Å²) < 4.78 is 6.71. The number of para-hydroxylation sites is 1. The quantitative estimate of drug-likeness (QED) is 0.414. The zero-order valence-electron chi connectivity index (χ0n) is 16.4. The molecule has 0 aliphatic rings. The summed E-state index contributed by atoms with van der Waals surface area (Å²) in [7, 11) is 1.74. The van der Waals surface area contributed by atoms with Crippen molar-refractivity contribution < 1.29 is 14.3 Å². The van der Waals surface area contributed by atoms with E-state index >= 15 is 0 Å². The SMILES string of the molecule is CN(Cc1nc2ccccc2s1)C(=O)COc1ccc(C(=O)c2ccccc2)cc1. The number of rotatable bonds is 7. The maximum absolute atomic E-state index is 12.4. The fourth-order valence-corrected chi connectivity index (χ4v) is 4.01. The van der Waals surface area contributed by atoms with Crippen LogP contribution in [-0.4, -0.2) is 35.2 Å². The van der Waals surface area contributed by atoms with Crippen LogP contribution in [0.15, 0.2) is 78.9 Å². The number of ketones is 1. The van der Waals surface area contributed by atoms with E-state index < -0.39 is 0 Å². The van der Waals surface area contributed by atoms with Crippen LogP contribution in [0.3, 0.4) is 0 Å². The zero-order chi connectivity index (χ0) is 20.9. The van der Waals surface area contributed by atoms with Crippen LogP contribution in [0.1, 0.15) is 20.9 Å². The van der Waals surface area contributed by atoms with E-state index in [1.165, 1.54) is 0 Å². The number of aromatic nitrogens is 1. The molecule has 0 saturated heterocycles. The molecule has 0 aliphatic carbocycles. The topological polar surface area (TPSA) is 59.5 Å². The number of likely N-dealkylation sites (N-methyl/N-ethyl adjacent to an activating group) is 1. The molecule has 0 atom stereocenters. The van der Waals surface area contributed by atoms with Crippen LogP contribution in [0.5, 0.6) is 5.75 Å². The summed E-state index contributed by atoms with van der Waals surface area (Å²) in [6.45, 7) is 0.361. The molecule has 150 valence electrons. The van der Waals surface area contributed by atoms with E-state index in [1.807, 2.05) is 42.5 Å². The van der Waals surface area contributed by atoms with E-state index in [2.05, 4.69) is 4.98 Å². The Balaban J connectivity index is 1.32. The summed E-state index contributed by atoms with van der Waals surface area (Å²) in [6.07, 6.45) is 0. The fourth-order valence-electron chi connectivity index (χ4n) is 2.99. The lowest BCUT2D eigenvalue weighted by atomic mass is 10.0. The second kappa shape index (κ2) is 8.88. The number of carbonyl (C=O) groups is 2. The lowest BCUT2D eigenvalue weighted by molar-refractivity contribution is -0.132. The van der Waals surface area contributed by atoms with E-state index in [4.69, 9.17) is 4.74 Å². The Labute approximate surface area is 178 Å². The maximum atomic E-state index is 12.4. The van der Waals surface area contributed by atoms with Crippen molar-refractivity contribution in [3.05, 3.63) is 95.0 Å². The van der Waals surface area contributed by atoms with Crippen LogP contribution < -0.4 is 4.74 Å². The molecule has 0 radical (unpaired) electrons. The van der Waals surface area contributed by atoms with Crippen molar-refractivity contribution in [1.82, 2.24) is 9.88 Å². The maximum Gasteiger partial charge on any atom is 0.260 e. The van der Waals surface area contributed by atoms with Crippen LogP contribution in [0.4, 0.5) is 0 Å². The van der Waals surface area contributed by atoms with E-state index in [1.54, 1.807) is 59.7 Å². The lowest BCUT2D eigenvalue weighted by Crippen LogP contribution is -2.30. The number of ether oxygens (including phenoxy) is 1. The minimum absolute atomic E-state index is 0.0474. The molecule has 1 aromatic heterocycles. The third-order valence-electron chi connectivity index (χ3n) is 4.65. The number of benzene rings is 3. The molecule has 6 heteroatoms. The van der Waals surface area contributed by atoms with Crippen molar-refractivity contribution in [1.29, 1.82) is 0 Å². The first-order valence-electron chi connectivity index (χ1n) is 9.51. The van der Waals surface area contributed by atoms with Gasteiger partial charge in [-0.15, -0.1) is 11.3 Å². The third-order valence-corrected chi connectivity index (χ3v) is 5.67. The highest BCUT2D eigenvalue weighted by atomic mass is 32.1. The molecule has 5 nitrogen and oxygen atoms in total. The van der Waals surface area contributed by atoms with E-state index in [-0.39, 0.29) is 18.3 Å². The minimum atomic E-state index is -0.140. The monoisotopic (exact) mass is 416 g/mol. The first-order chi connectivity index (χ1) is 14.6. The summed E-state index contributed by atoms with van der Waals surface area (Å²) >= 11 is 1.58. The van der Waals surface area contributed by atoms with Gasteiger partial charge in [0.05, 0.1) is 16.8 Å². The molecule has 0 N–H and O–H groups in total. The van der Waals surface area contributed by atoms with Crippen molar-refractivity contribution in [2.75, 3.05) is 13.7 Å². The number of amides is 1. The molecule has 4 aromatic rings. The van der Waals surface area contributed by atoms with Gasteiger partial charge in [0.1, 0.15) is 10.8 Å². The smallest absolute Gasteiger partial charge is 0.260 e. The Morgan fingerprint density at radius 1 is 0.900 bits per heavy atom. The van der Waals surface area contributed by atoms with E-state index in [0.717, 1.165) is 15.2 Å². The van der Waals surface area contributed by atoms with Gasteiger partial charge in [-0.05, 0) is 36.4 Å². The van der Waals surface area contributed by atoms with E-state index in [0.29, 0.717) is 23.4 Å². The van der Waals surface area contributed by atoms with Gasteiger partial charge in [-0.1, -0.05) is 42.5 Å². The minimum Gasteiger partial charge on any atom is -0.484 e. The molecule has 1 amide bonds.